The van der Waals surface area contributed by atoms with Gasteiger partial charge >= 0.3 is 18.1 Å². The Bertz CT molecular complexity index is 557. The highest BCUT2D eigenvalue weighted by Gasteiger charge is 2.53. The van der Waals surface area contributed by atoms with Crippen molar-refractivity contribution in [3.05, 3.63) is 0 Å². The number of carboxylic acid groups (broad SMARTS) is 2. The Kier molecular flexibility index (Phi) is 10.7. The Hall–Kier alpha value is -1.10. The van der Waals surface area contributed by atoms with Crippen molar-refractivity contribution in [1.29, 1.82) is 0 Å². The van der Waals surface area contributed by atoms with Crippen LogP contribution in [0.3, 0.4) is 0 Å². The van der Waals surface area contributed by atoms with Gasteiger partial charge < -0.3 is 15.5 Å². The molecule has 0 aromatic carbocycles. The van der Waals surface area contributed by atoms with E-state index in [4.69, 9.17) is 15.0 Å². The number of nitrogens with one attached hydrogen (secondary N) is 1. The number of carbonyl (C=O) groups is 3. The molecule has 1 aliphatic carbocycles. The monoisotopic (exact) mass is 447 g/mol. The lowest BCUT2D eigenvalue weighted by molar-refractivity contribution is -0.192. The van der Waals surface area contributed by atoms with E-state index in [9.17, 15) is 22.8 Å². The molecule has 1 rings (SSSR count). The van der Waals surface area contributed by atoms with Crippen molar-refractivity contribution in [1.82, 2.24) is 5.32 Å². The zero-order chi connectivity index (χ0) is 22.2. The lowest BCUT2D eigenvalue weighted by atomic mass is 9.65. The van der Waals surface area contributed by atoms with E-state index in [-0.39, 0.29) is 23.2 Å². The Morgan fingerprint density at radius 3 is 2.00 bits per heavy atom. The van der Waals surface area contributed by atoms with Crippen molar-refractivity contribution in [2.24, 2.45) is 16.7 Å². The Morgan fingerprint density at radius 1 is 1.11 bits per heavy atom. The number of hydrogen-bond donors (Lipinski definition) is 3. The quantitative estimate of drug-likeness (QED) is 0.381. The van der Waals surface area contributed by atoms with Gasteiger partial charge in [0.2, 0.25) is 5.91 Å². The lowest BCUT2D eigenvalue weighted by Gasteiger charge is -2.39. The first-order valence-corrected chi connectivity index (χ1v) is 11.2. The summed E-state index contributed by atoms with van der Waals surface area (Å²) < 4.78 is 31.7. The summed E-state index contributed by atoms with van der Waals surface area (Å²) in [5, 5.41) is 18.7. The molecule has 28 heavy (non-hydrogen) atoms. The van der Waals surface area contributed by atoms with Crippen LogP contribution in [0.25, 0.3) is 0 Å². The smallest absolute Gasteiger partial charge is 0.481 e. The minimum absolute atomic E-state index is 0.0282. The fraction of sp³-hybridized carbons (Fsp3) is 0.824. The first kappa shape index (κ1) is 26.9. The first-order valence-electron chi connectivity index (χ1n) is 8.71. The standard InChI is InChI=1S/C15H27NO3S2.C2HF3O2/c1-11-5-7-15(4,14(11,2)3)13(19)16-8-10-21-20-9-6-12(17)18;3-2(4,5)1(6)7/h11H,5-10H2,1-4H3,(H,16,19)(H,17,18);(H,6,7)/t11-,15-;/m0./s1. The number of carbonyl (C=O) groups excluding carboxylic acids is 1. The molecule has 1 fully saturated rings. The molecule has 0 heterocycles. The molecule has 1 aliphatic rings. The molecule has 3 N–H and O–H groups in total. The second-order valence-electron chi connectivity index (χ2n) is 7.34. The van der Waals surface area contributed by atoms with Gasteiger partial charge in [-0.15, -0.1) is 0 Å². The van der Waals surface area contributed by atoms with Crippen molar-refractivity contribution < 1.29 is 37.8 Å². The highest BCUT2D eigenvalue weighted by atomic mass is 33.1. The van der Waals surface area contributed by atoms with Gasteiger partial charge in [0.25, 0.3) is 0 Å². The maximum absolute atomic E-state index is 12.5. The van der Waals surface area contributed by atoms with Gasteiger partial charge in [-0.2, -0.15) is 13.2 Å². The van der Waals surface area contributed by atoms with Crippen molar-refractivity contribution in [3.63, 3.8) is 0 Å². The van der Waals surface area contributed by atoms with Gasteiger partial charge in [0.05, 0.1) is 11.8 Å². The number of amides is 1. The van der Waals surface area contributed by atoms with Crippen LogP contribution in [0.5, 0.6) is 0 Å². The molecule has 6 nitrogen and oxygen atoms in total. The summed E-state index contributed by atoms with van der Waals surface area (Å²) in [6.45, 7) is 9.35. The minimum atomic E-state index is -5.08. The van der Waals surface area contributed by atoms with Crippen molar-refractivity contribution in [2.75, 3.05) is 18.1 Å². The molecule has 0 unspecified atom stereocenters. The lowest BCUT2D eigenvalue weighted by Crippen LogP contribution is -2.47. The zero-order valence-electron chi connectivity index (χ0n) is 16.4. The van der Waals surface area contributed by atoms with E-state index >= 15 is 0 Å². The highest BCUT2D eigenvalue weighted by Crippen LogP contribution is 2.55. The number of halogens is 3. The second kappa shape index (κ2) is 11.2. The van der Waals surface area contributed by atoms with Crippen molar-refractivity contribution in [2.45, 2.75) is 53.1 Å². The molecule has 1 saturated carbocycles. The van der Waals surface area contributed by atoms with Gasteiger partial charge in [-0.3, -0.25) is 9.59 Å². The van der Waals surface area contributed by atoms with E-state index in [2.05, 4.69) is 33.0 Å². The van der Waals surface area contributed by atoms with E-state index in [1.807, 2.05) is 0 Å². The van der Waals surface area contributed by atoms with Crippen LogP contribution in [0.2, 0.25) is 0 Å². The van der Waals surface area contributed by atoms with Gasteiger partial charge in [-0.25, -0.2) is 4.79 Å². The maximum atomic E-state index is 12.5. The van der Waals surface area contributed by atoms with E-state index in [0.717, 1.165) is 18.6 Å². The van der Waals surface area contributed by atoms with Crippen LogP contribution in [-0.2, 0) is 14.4 Å². The van der Waals surface area contributed by atoms with Gasteiger partial charge in [0.1, 0.15) is 0 Å². The molecule has 0 bridgehead atoms. The molecule has 0 spiro atoms. The summed E-state index contributed by atoms with van der Waals surface area (Å²) in [5.74, 6) is -1.38. The summed E-state index contributed by atoms with van der Waals surface area (Å²) in [5.41, 5.74) is -0.256. The molecule has 0 radical (unpaired) electrons. The number of aliphatic carboxylic acids is 2. The molecular weight excluding hydrogens is 419 g/mol. The number of alkyl halides is 3. The van der Waals surface area contributed by atoms with E-state index < -0.39 is 18.1 Å². The summed E-state index contributed by atoms with van der Waals surface area (Å²) in [6.07, 6.45) is -2.83. The van der Waals surface area contributed by atoms with Gasteiger partial charge in [-0.1, -0.05) is 49.3 Å². The molecule has 0 saturated heterocycles. The molecular formula is C17H28F3NO5S2. The van der Waals surface area contributed by atoms with Gasteiger partial charge in [-0.05, 0) is 24.2 Å². The summed E-state index contributed by atoms with van der Waals surface area (Å²) >= 11 is 0. The third-order valence-corrected chi connectivity index (χ3v) is 7.84. The van der Waals surface area contributed by atoms with Crippen LogP contribution >= 0.6 is 21.6 Å². The number of hydrogen-bond acceptors (Lipinski definition) is 5. The molecule has 0 aromatic heterocycles. The Labute approximate surface area is 170 Å². The topological polar surface area (TPSA) is 104 Å². The van der Waals surface area contributed by atoms with Crippen molar-refractivity contribution in [3.8, 4) is 0 Å². The predicted octanol–water partition coefficient (Wildman–Crippen LogP) is 4.05. The zero-order valence-corrected chi connectivity index (χ0v) is 18.0. The average molecular weight is 448 g/mol. The minimum Gasteiger partial charge on any atom is -0.481 e. The highest BCUT2D eigenvalue weighted by molar-refractivity contribution is 8.76. The SMILES string of the molecule is C[C@H]1CC[C@@](C)(C(=O)NCCSSCCC(=O)O)C1(C)C.O=C(O)C(F)(F)F. The number of carboxylic acids is 2. The van der Waals surface area contributed by atoms with Crippen LogP contribution < -0.4 is 5.32 Å². The van der Waals surface area contributed by atoms with E-state index in [0.29, 0.717) is 18.2 Å². The third-order valence-electron chi connectivity index (χ3n) is 5.43. The van der Waals surface area contributed by atoms with Crippen LogP contribution in [0, 0.1) is 16.7 Å². The van der Waals surface area contributed by atoms with Crippen LogP contribution in [0.1, 0.15) is 47.0 Å². The summed E-state index contributed by atoms with van der Waals surface area (Å²) in [6, 6.07) is 0. The summed E-state index contributed by atoms with van der Waals surface area (Å²) in [4.78, 5) is 31.8. The van der Waals surface area contributed by atoms with Gasteiger partial charge in [0, 0.05) is 18.1 Å². The third kappa shape index (κ3) is 8.10. The normalized spacial score (nSPS) is 23.5. The molecule has 0 aromatic rings. The predicted molar refractivity (Wildman–Crippen MR) is 104 cm³/mol. The fourth-order valence-corrected chi connectivity index (χ4v) is 4.67. The Morgan fingerprint density at radius 2 is 1.61 bits per heavy atom. The number of rotatable bonds is 8. The van der Waals surface area contributed by atoms with Crippen LogP contribution in [-0.4, -0.2) is 52.3 Å². The van der Waals surface area contributed by atoms with Gasteiger partial charge in [0.15, 0.2) is 0 Å². The molecule has 1 amide bonds. The molecule has 2 atom stereocenters. The maximum Gasteiger partial charge on any atom is 0.490 e. The average Bonchev–Trinajstić information content (AvgIpc) is 2.77. The molecule has 0 aliphatic heterocycles. The van der Waals surface area contributed by atoms with Crippen LogP contribution in [0.15, 0.2) is 0 Å². The molecule has 11 heteroatoms. The Balaban J connectivity index is 0.000000887. The first-order chi connectivity index (χ1) is 12.7. The fourth-order valence-electron chi connectivity index (χ4n) is 2.79. The largest absolute Gasteiger partial charge is 0.490 e. The van der Waals surface area contributed by atoms with E-state index in [1.165, 1.54) is 0 Å². The van der Waals surface area contributed by atoms with E-state index in [1.54, 1.807) is 21.6 Å². The summed E-state index contributed by atoms with van der Waals surface area (Å²) in [7, 11) is 3.17. The second-order valence-corrected chi connectivity index (χ2v) is 10.0. The molecule has 164 valence electrons. The van der Waals surface area contributed by atoms with Crippen LogP contribution in [0.4, 0.5) is 13.2 Å². The van der Waals surface area contributed by atoms with Crippen molar-refractivity contribution >= 4 is 39.4 Å².